The van der Waals surface area contributed by atoms with Gasteiger partial charge in [-0.3, -0.25) is 9.59 Å². The van der Waals surface area contributed by atoms with Crippen molar-refractivity contribution in [2.45, 2.75) is 27.3 Å². The van der Waals surface area contributed by atoms with Gasteiger partial charge in [0, 0.05) is 17.7 Å². The molecule has 0 atom stereocenters. The number of aromatic nitrogens is 4. The monoisotopic (exact) mass is 376 g/mol. The molecule has 1 N–H and O–H groups in total. The first kappa shape index (κ1) is 17.9. The van der Waals surface area contributed by atoms with Crippen LogP contribution >= 0.6 is 0 Å². The Morgan fingerprint density at radius 1 is 1.07 bits per heavy atom. The van der Waals surface area contributed by atoms with E-state index in [1.165, 1.54) is 4.57 Å². The lowest BCUT2D eigenvalue weighted by Gasteiger charge is -2.12. The highest BCUT2D eigenvalue weighted by Crippen LogP contribution is 2.24. The Morgan fingerprint density at radius 2 is 1.79 bits per heavy atom. The van der Waals surface area contributed by atoms with Crippen LogP contribution in [0.25, 0.3) is 33.9 Å². The van der Waals surface area contributed by atoms with Gasteiger partial charge < -0.3 is 14.1 Å². The van der Waals surface area contributed by atoms with Crippen LogP contribution in [-0.2, 0) is 6.54 Å². The molecule has 0 spiro atoms. The fourth-order valence-electron chi connectivity index (χ4n) is 3.12. The largest absolute Gasteiger partial charge is 0.334 e. The summed E-state index contributed by atoms with van der Waals surface area (Å²) in [5.41, 5.74) is 2.72. The van der Waals surface area contributed by atoms with Crippen LogP contribution in [0.1, 0.15) is 19.4 Å². The Balaban J connectivity index is 1.78. The third-order valence-corrected chi connectivity index (χ3v) is 4.51. The number of nitrogens with one attached hydrogen (secondary N) is 1. The summed E-state index contributed by atoms with van der Waals surface area (Å²) in [6, 6.07) is 13.2. The number of benzene rings is 2. The molecule has 0 radical (unpaired) electrons. The fourth-order valence-corrected chi connectivity index (χ4v) is 3.12. The topological polar surface area (TPSA) is 93.8 Å². The standard InChI is InChI=1S/C21H20N4O3/c1-12(2)11-25-17-9-8-15(10-16(17)22-19(26)21(25)27)18-23-20(28-24-18)14-6-4-13(3)5-7-14/h4-10,12H,11H2,1-3H3,(H,22,26). The molecule has 0 unspecified atom stereocenters. The second-order valence-corrected chi connectivity index (χ2v) is 7.28. The van der Waals surface area contributed by atoms with Gasteiger partial charge in [-0.1, -0.05) is 36.7 Å². The average molecular weight is 376 g/mol. The zero-order valence-corrected chi connectivity index (χ0v) is 15.9. The van der Waals surface area contributed by atoms with Gasteiger partial charge >= 0.3 is 11.1 Å². The van der Waals surface area contributed by atoms with Gasteiger partial charge in [-0.2, -0.15) is 4.98 Å². The van der Waals surface area contributed by atoms with Crippen LogP contribution < -0.4 is 11.1 Å². The van der Waals surface area contributed by atoms with Crippen molar-refractivity contribution in [1.82, 2.24) is 19.7 Å². The Kier molecular flexibility index (Phi) is 4.43. The maximum absolute atomic E-state index is 12.2. The van der Waals surface area contributed by atoms with Gasteiger partial charge in [-0.25, -0.2) is 0 Å². The van der Waals surface area contributed by atoms with E-state index >= 15 is 0 Å². The molecular weight excluding hydrogens is 356 g/mol. The third-order valence-electron chi connectivity index (χ3n) is 4.51. The molecule has 0 amide bonds. The van der Waals surface area contributed by atoms with E-state index in [9.17, 15) is 9.59 Å². The lowest BCUT2D eigenvalue weighted by Crippen LogP contribution is -2.37. The van der Waals surface area contributed by atoms with E-state index in [0.717, 1.165) is 11.1 Å². The molecule has 142 valence electrons. The first-order valence-electron chi connectivity index (χ1n) is 9.10. The summed E-state index contributed by atoms with van der Waals surface area (Å²) in [5, 5.41) is 4.06. The average Bonchev–Trinajstić information content (AvgIpc) is 3.15. The van der Waals surface area contributed by atoms with Crippen LogP contribution in [0.15, 0.2) is 56.6 Å². The molecule has 0 aliphatic rings. The Hall–Kier alpha value is -3.48. The molecule has 28 heavy (non-hydrogen) atoms. The molecule has 7 heteroatoms. The number of hydrogen-bond donors (Lipinski definition) is 1. The number of H-pyrrole nitrogens is 1. The van der Waals surface area contributed by atoms with Gasteiger partial charge in [0.25, 0.3) is 5.89 Å². The van der Waals surface area contributed by atoms with Gasteiger partial charge in [-0.05, 0) is 43.2 Å². The molecule has 4 aromatic rings. The van der Waals surface area contributed by atoms with Crippen molar-refractivity contribution in [2.75, 3.05) is 0 Å². The summed E-state index contributed by atoms with van der Waals surface area (Å²) in [6.07, 6.45) is 0. The molecule has 4 rings (SSSR count). The second kappa shape index (κ2) is 6.92. The van der Waals surface area contributed by atoms with Crippen molar-refractivity contribution >= 4 is 11.0 Å². The van der Waals surface area contributed by atoms with Crippen molar-refractivity contribution in [1.29, 1.82) is 0 Å². The molecule has 0 saturated heterocycles. The minimum Gasteiger partial charge on any atom is -0.334 e. The third kappa shape index (κ3) is 3.26. The minimum atomic E-state index is -0.640. The molecular formula is C21H20N4O3. The maximum Gasteiger partial charge on any atom is 0.316 e. The summed E-state index contributed by atoms with van der Waals surface area (Å²) < 4.78 is 6.90. The second-order valence-electron chi connectivity index (χ2n) is 7.28. The van der Waals surface area contributed by atoms with Gasteiger partial charge in [0.1, 0.15) is 0 Å². The summed E-state index contributed by atoms with van der Waals surface area (Å²) in [4.78, 5) is 31.4. The molecule has 0 bridgehead atoms. The molecule has 0 fully saturated rings. The number of aromatic amines is 1. The van der Waals surface area contributed by atoms with Crippen LogP contribution in [-0.4, -0.2) is 19.7 Å². The summed E-state index contributed by atoms with van der Waals surface area (Å²) >= 11 is 0. The van der Waals surface area contributed by atoms with Crippen molar-refractivity contribution < 1.29 is 4.52 Å². The lowest BCUT2D eigenvalue weighted by molar-refractivity contribution is 0.432. The molecule has 0 aliphatic carbocycles. The van der Waals surface area contributed by atoms with Crippen molar-refractivity contribution in [3.63, 3.8) is 0 Å². The summed E-state index contributed by atoms with van der Waals surface area (Å²) in [5.74, 6) is 1.07. The zero-order valence-electron chi connectivity index (χ0n) is 15.9. The van der Waals surface area contributed by atoms with E-state index in [0.29, 0.717) is 34.9 Å². The van der Waals surface area contributed by atoms with E-state index < -0.39 is 11.1 Å². The van der Waals surface area contributed by atoms with Crippen LogP contribution in [0.3, 0.4) is 0 Å². The molecule has 2 heterocycles. The highest BCUT2D eigenvalue weighted by molar-refractivity contribution is 5.80. The Bertz CT molecular complexity index is 1260. The predicted molar refractivity (Wildman–Crippen MR) is 107 cm³/mol. The van der Waals surface area contributed by atoms with Crippen LogP contribution in [0.4, 0.5) is 0 Å². The number of hydrogen-bond acceptors (Lipinski definition) is 5. The van der Waals surface area contributed by atoms with E-state index in [2.05, 4.69) is 15.1 Å². The first-order chi connectivity index (χ1) is 13.4. The highest BCUT2D eigenvalue weighted by Gasteiger charge is 2.14. The fraction of sp³-hybridized carbons (Fsp3) is 0.238. The van der Waals surface area contributed by atoms with Crippen LogP contribution in [0.5, 0.6) is 0 Å². The molecule has 2 aromatic carbocycles. The van der Waals surface area contributed by atoms with Crippen LogP contribution in [0.2, 0.25) is 0 Å². The molecule has 0 aliphatic heterocycles. The SMILES string of the molecule is Cc1ccc(-c2nc(-c3ccc4c(c3)[nH]c(=O)c(=O)n4CC(C)C)no2)cc1. The van der Waals surface area contributed by atoms with Gasteiger partial charge in [0.15, 0.2) is 0 Å². The number of aryl methyl sites for hydroxylation is 1. The summed E-state index contributed by atoms with van der Waals surface area (Å²) in [6.45, 7) is 6.48. The van der Waals surface area contributed by atoms with E-state index in [1.54, 1.807) is 12.1 Å². The van der Waals surface area contributed by atoms with Crippen molar-refractivity contribution in [2.24, 2.45) is 5.92 Å². The van der Waals surface area contributed by atoms with Gasteiger partial charge in [-0.15, -0.1) is 0 Å². The van der Waals surface area contributed by atoms with Crippen LogP contribution in [0, 0.1) is 12.8 Å². The highest BCUT2D eigenvalue weighted by atomic mass is 16.5. The van der Waals surface area contributed by atoms with E-state index in [4.69, 9.17) is 4.52 Å². The van der Waals surface area contributed by atoms with E-state index in [-0.39, 0.29) is 5.92 Å². The predicted octanol–water partition coefficient (Wildman–Crippen LogP) is 3.37. The lowest BCUT2D eigenvalue weighted by atomic mass is 10.1. The smallest absolute Gasteiger partial charge is 0.316 e. The van der Waals surface area contributed by atoms with E-state index in [1.807, 2.05) is 51.1 Å². The summed E-state index contributed by atoms with van der Waals surface area (Å²) in [7, 11) is 0. The quantitative estimate of drug-likeness (QED) is 0.551. The van der Waals surface area contributed by atoms with Gasteiger partial charge in [0.05, 0.1) is 11.0 Å². The molecule has 2 aromatic heterocycles. The number of nitrogens with zero attached hydrogens (tertiary/aromatic N) is 3. The van der Waals surface area contributed by atoms with Crippen molar-refractivity contribution in [3.05, 3.63) is 68.7 Å². The first-order valence-corrected chi connectivity index (χ1v) is 9.10. The minimum absolute atomic E-state index is 0.233. The number of rotatable bonds is 4. The normalized spacial score (nSPS) is 11.4. The van der Waals surface area contributed by atoms with Gasteiger partial charge in [0.2, 0.25) is 5.82 Å². The zero-order chi connectivity index (χ0) is 19.8. The Labute approximate surface area is 160 Å². The maximum atomic E-state index is 12.2. The Morgan fingerprint density at radius 3 is 2.50 bits per heavy atom. The molecule has 0 saturated carbocycles. The van der Waals surface area contributed by atoms with Crippen molar-refractivity contribution in [3.8, 4) is 22.8 Å². The molecule has 7 nitrogen and oxygen atoms in total. The number of fused-ring (bicyclic) bond motifs is 1.